The Balaban J connectivity index is 1.98. The van der Waals surface area contributed by atoms with Crippen molar-refractivity contribution >= 4 is 17.6 Å². The number of carbonyl (C=O) groups is 2. The lowest BCUT2D eigenvalue weighted by molar-refractivity contribution is -0.384. The fourth-order valence-corrected chi connectivity index (χ4v) is 2.57. The predicted octanol–water partition coefficient (Wildman–Crippen LogP) is 2.01. The van der Waals surface area contributed by atoms with Gasteiger partial charge in [-0.15, -0.1) is 0 Å². The molecule has 1 aromatic rings. The van der Waals surface area contributed by atoms with Gasteiger partial charge in [0.2, 0.25) is 0 Å². The molecular formula is C15H19N3O5. The van der Waals surface area contributed by atoms with Crippen LogP contribution in [0.3, 0.4) is 0 Å². The zero-order chi connectivity index (χ0) is 17.0. The topological polar surface area (TPSA) is 94.7 Å². The van der Waals surface area contributed by atoms with E-state index in [-0.39, 0.29) is 23.9 Å². The lowest BCUT2D eigenvalue weighted by Gasteiger charge is -2.22. The molecule has 0 aliphatic heterocycles. The van der Waals surface area contributed by atoms with Gasteiger partial charge in [-0.2, -0.15) is 0 Å². The lowest BCUT2D eigenvalue weighted by atomic mass is 10.3. The van der Waals surface area contributed by atoms with Crippen LogP contribution in [0.2, 0.25) is 0 Å². The van der Waals surface area contributed by atoms with Crippen LogP contribution in [-0.2, 0) is 16.6 Å². The Morgan fingerprint density at radius 3 is 2.74 bits per heavy atom. The van der Waals surface area contributed by atoms with Gasteiger partial charge in [-0.25, -0.2) is 4.79 Å². The second-order valence-corrected chi connectivity index (χ2v) is 5.25. The number of aryl methyl sites for hydroxylation is 1. The number of carbonyl (C=O) groups excluding carboxylic acids is 2. The molecule has 0 spiro atoms. The molecule has 1 heterocycles. The minimum absolute atomic E-state index is 0.0348. The van der Waals surface area contributed by atoms with Gasteiger partial charge in [0.25, 0.3) is 11.6 Å². The van der Waals surface area contributed by atoms with Crippen LogP contribution < -0.4 is 0 Å². The number of hydrogen-bond acceptors (Lipinski definition) is 5. The Labute approximate surface area is 133 Å². The van der Waals surface area contributed by atoms with Crippen LogP contribution in [0, 0.1) is 10.1 Å². The van der Waals surface area contributed by atoms with Crippen molar-refractivity contribution in [1.82, 2.24) is 9.47 Å². The molecular weight excluding hydrogens is 302 g/mol. The monoisotopic (exact) mass is 321 g/mol. The zero-order valence-corrected chi connectivity index (χ0v) is 13.2. The van der Waals surface area contributed by atoms with Gasteiger partial charge in [-0.1, -0.05) is 6.08 Å². The Bertz CT molecular complexity index is 662. The first-order valence-electron chi connectivity index (χ1n) is 7.41. The maximum atomic E-state index is 12.2. The standard InChI is InChI=1S/C15H19N3O5/c1-3-17(11-6-4-5-7-11)14(19)10-23-15(20)13-8-12(18(21)22)9-16(13)2/h6,8-9H,3-5,7,10H2,1-2H3. The molecule has 8 nitrogen and oxygen atoms in total. The molecule has 1 aromatic heterocycles. The molecule has 0 radical (unpaired) electrons. The fraction of sp³-hybridized carbons (Fsp3) is 0.467. The van der Waals surface area contributed by atoms with Gasteiger partial charge < -0.3 is 14.2 Å². The Morgan fingerprint density at radius 2 is 2.22 bits per heavy atom. The van der Waals surface area contributed by atoms with Crippen LogP contribution in [0.15, 0.2) is 24.0 Å². The summed E-state index contributed by atoms with van der Waals surface area (Å²) < 4.78 is 6.31. The van der Waals surface area contributed by atoms with Crippen molar-refractivity contribution < 1.29 is 19.2 Å². The van der Waals surface area contributed by atoms with E-state index in [1.165, 1.54) is 17.8 Å². The van der Waals surface area contributed by atoms with Crippen LogP contribution in [-0.4, -0.2) is 39.4 Å². The van der Waals surface area contributed by atoms with Crippen LogP contribution >= 0.6 is 0 Å². The number of likely N-dealkylation sites (N-methyl/N-ethyl adjacent to an activating group) is 1. The highest BCUT2D eigenvalue weighted by molar-refractivity contribution is 5.91. The summed E-state index contributed by atoms with van der Waals surface area (Å²) in [5.41, 5.74) is 0.799. The second-order valence-electron chi connectivity index (χ2n) is 5.25. The Hall–Kier alpha value is -2.64. The number of nitrogens with zero attached hydrogens (tertiary/aromatic N) is 3. The number of amides is 1. The summed E-state index contributed by atoms with van der Waals surface area (Å²) in [6, 6.07) is 1.13. The van der Waals surface area contributed by atoms with Crippen LogP contribution in [0.1, 0.15) is 36.7 Å². The van der Waals surface area contributed by atoms with E-state index in [1.807, 2.05) is 13.0 Å². The van der Waals surface area contributed by atoms with Crippen molar-refractivity contribution in [2.24, 2.45) is 7.05 Å². The molecule has 0 atom stereocenters. The van der Waals surface area contributed by atoms with E-state index in [1.54, 1.807) is 4.90 Å². The fourth-order valence-electron chi connectivity index (χ4n) is 2.57. The first-order chi connectivity index (χ1) is 10.9. The number of nitro groups is 1. The molecule has 2 rings (SSSR count). The normalized spacial score (nSPS) is 13.6. The van der Waals surface area contributed by atoms with Crippen molar-refractivity contribution in [2.75, 3.05) is 13.2 Å². The molecule has 1 aliphatic rings. The van der Waals surface area contributed by atoms with Gasteiger partial charge in [0.05, 0.1) is 11.1 Å². The SMILES string of the molecule is CCN(C(=O)COC(=O)c1cc([N+](=O)[O-])cn1C)C1=CCCC1. The summed E-state index contributed by atoms with van der Waals surface area (Å²) in [6.45, 7) is 1.99. The highest BCUT2D eigenvalue weighted by Gasteiger charge is 2.22. The van der Waals surface area contributed by atoms with E-state index in [0.29, 0.717) is 6.54 Å². The smallest absolute Gasteiger partial charge is 0.355 e. The van der Waals surface area contributed by atoms with Gasteiger partial charge in [0.1, 0.15) is 5.69 Å². The molecule has 0 saturated heterocycles. The van der Waals surface area contributed by atoms with E-state index in [4.69, 9.17) is 4.74 Å². The van der Waals surface area contributed by atoms with Gasteiger partial charge in [0, 0.05) is 25.4 Å². The summed E-state index contributed by atoms with van der Waals surface area (Å²) in [4.78, 5) is 35.9. The molecule has 23 heavy (non-hydrogen) atoms. The molecule has 1 amide bonds. The average Bonchev–Trinajstić information content (AvgIpc) is 3.15. The van der Waals surface area contributed by atoms with Gasteiger partial charge in [0.15, 0.2) is 6.61 Å². The third-order valence-electron chi connectivity index (χ3n) is 3.72. The van der Waals surface area contributed by atoms with Crippen molar-refractivity contribution in [3.63, 3.8) is 0 Å². The van der Waals surface area contributed by atoms with E-state index in [2.05, 4.69) is 0 Å². The van der Waals surface area contributed by atoms with Crippen LogP contribution in [0.4, 0.5) is 5.69 Å². The number of hydrogen-bond donors (Lipinski definition) is 0. The van der Waals surface area contributed by atoms with Crippen molar-refractivity contribution in [2.45, 2.75) is 26.2 Å². The van der Waals surface area contributed by atoms with Crippen molar-refractivity contribution in [3.8, 4) is 0 Å². The first kappa shape index (κ1) is 16.7. The molecule has 1 aliphatic carbocycles. The van der Waals surface area contributed by atoms with Crippen molar-refractivity contribution in [1.29, 1.82) is 0 Å². The van der Waals surface area contributed by atoms with Crippen LogP contribution in [0.5, 0.6) is 0 Å². The minimum atomic E-state index is -0.759. The third-order valence-corrected chi connectivity index (χ3v) is 3.72. The minimum Gasteiger partial charge on any atom is -0.451 e. The molecule has 8 heteroatoms. The maximum absolute atomic E-state index is 12.2. The number of ether oxygens (including phenoxy) is 1. The second kappa shape index (κ2) is 7.08. The molecule has 0 saturated carbocycles. The molecule has 0 bridgehead atoms. The third kappa shape index (κ3) is 3.77. The Morgan fingerprint density at radius 1 is 1.48 bits per heavy atom. The van der Waals surface area contributed by atoms with Gasteiger partial charge in [-0.05, 0) is 26.2 Å². The lowest BCUT2D eigenvalue weighted by Crippen LogP contribution is -2.33. The quantitative estimate of drug-likeness (QED) is 0.454. The highest BCUT2D eigenvalue weighted by Crippen LogP contribution is 2.21. The van der Waals surface area contributed by atoms with Gasteiger partial charge >= 0.3 is 5.97 Å². The molecule has 0 unspecified atom stereocenters. The Kier molecular flexibility index (Phi) is 5.15. The molecule has 0 N–H and O–H groups in total. The maximum Gasteiger partial charge on any atom is 0.355 e. The predicted molar refractivity (Wildman–Crippen MR) is 81.7 cm³/mol. The summed E-state index contributed by atoms with van der Waals surface area (Å²) in [5.74, 6) is -1.05. The zero-order valence-electron chi connectivity index (χ0n) is 13.2. The molecule has 0 fully saturated rings. The van der Waals surface area contributed by atoms with E-state index in [9.17, 15) is 19.7 Å². The summed E-state index contributed by atoms with van der Waals surface area (Å²) in [6.07, 6.45) is 6.05. The van der Waals surface area contributed by atoms with Crippen LogP contribution in [0.25, 0.3) is 0 Å². The first-order valence-corrected chi connectivity index (χ1v) is 7.41. The average molecular weight is 321 g/mol. The summed E-state index contributed by atoms with van der Waals surface area (Å²) in [5, 5.41) is 10.7. The molecule has 124 valence electrons. The largest absolute Gasteiger partial charge is 0.451 e. The number of esters is 1. The molecule has 0 aromatic carbocycles. The van der Waals surface area contributed by atoms with E-state index in [0.717, 1.165) is 31.0 Å². The van der Waals surface area contributed by atoms with Crippen molar-refractivity contribution in [3.05, 3.63) is 39.8 Å². The number of allylic oxidation sites excluding steroid dienone is 2. The van der Waals surface area contributed by atoms with E-state index >= 15 is 0 Å². The van der Waals surface area contributed by atoms with Gasteiger partial charge in [-0.3, -0.25) is 14.9 Å². The highest BCUT2D eigenvalue weighted by atomic mass is 16.6. The number of rotatable bonds is 6. The summed E-state index contributed by atoms with van der Waals surface area (Å²) in [7, 11) is 1.51. The van der Waals surface area contributed by atoms with E-state index < -0.39 is 10.9 Å². The number of aromatic nitrogens is 1. The summed E-state index contributed by atoms with van der Waals surface area (Å²) >= 11 is 0.